The first-order chi connectivity index (χ1) is 17.7. The summed E-state index contributed by atoms with van der Waals surface area (Å²) in [5.41, 5.74) is 0.0183. The van der Waals surface area contributed by atoms with Crippen LogP contribution in [0.2, 0.25) is 0 Å². The van der Waals surface area contributed by atoms with Gasteiger partial charge in [0.15, 0.2) is 0 Å². The molecule has 0 radical (unpaired) electrons. The zero-order valence-electron chi connectivity index (χ0n) is 22.8. The van der Waals surface area contributed by atoms with Gasteiger partial charge in [0.05, 0.1) is 44.3 Å². The molecule has 0 aromatic rings. The molecule has 0 saturated carbocycles. The van der Waals surface area contributed by atoms with Gasteiger partial charge in [-0.2, -0.15) is 0 Å². The van der Waals surface area contributed by atoms with Crippen molar-refractivity contribution >= 4 is 29.7 Å². The van der Waals surface area contributed by atoms with Crippen LogP contribution < -0.4 is 10.6 Å². The van der Waals surface area contributed by atoms with Crippen molar-refractivity contribution in [3.63, 3.8) is 0 Å². The first-order valence-electron chi connectivity index (χ1n) is 13.3. The molecule has 37 heavy (non-hydrogen) atoms. The number of amides is 3. The molecule has 212 valence electrons. The van der Waals surface area contributed by atoms with E-state index in [9.17, 15) is 14.4 Å². The van der Waals surface area contributed by atoms with Gasteiger partial charge in [0.1, 0.15) is 5.60 Å². The molecular weight excluding hydrogens is 498 g/mol. The Morgan fingerprint density at radius 2 is 1.76 bits per heavy atom. The van der Waals surface area contributed by atoms with Crippen LogP contribution in [-0.4, -0.2) is 98.8 Å². The summed E-state index contributed by atoms with van der Waals surface area (Å²) in [5, 5.41) is 5.53. The molecule has 1 unspecified atom stereocenters. The van der Waals surface area contributed by atoms with Gasteiger partial charge in [0.25, 0.3) is 0 Å². The maximum atomic E-state index is 13.1. The first-order valence-corrected chi connectivity index (χ1v) is 14.5. The Morgan fingerprint density at radius 1 is 1.05 bits per heavy atom. The second-order valence-electron chi connectivity index (χ2n) is 10.0. The Balaban J connectivity index is 1.66. The van der Waals surface area contributed by atoms with Crippen molar-refractivity contribution in [2.24, 2.45) is 5.92 Å². The van der Waals surface area contributed by atoms with E-state index in [0.29, 0.717) is 70.4 Å². The largest absolute Gasteiger partial charge is 0.444 e. The van der Waals surface area contributed by atoms with E-state index >= 15 is 0 Å². The Hall–Kier alpha value is -1.82. The van der Waals surface area contributed by atoms with E-state index in [1.165, 1.54) is 0 Å². The second kappa shape index (κ2) is 16.9. The predicted octanol–water partition coefficient (Wildman–Crippen LogP) is 2.72. The summed E-state index contributed by atoms with van der Waals surface area (Å²) in [5.74, 6) is 1.23. The number of ether oxygens (including phenoxy) is 4. The number of hydrogen-bond acceptors (Lipinski definition) is 8. The third kappa shape index (κ3) is 12.1. The minimum atomic E-state index is -0.531. The van der Waals surface area contributed by atoms with Crippen LogP contribution in [0, 0.1) is 5.92 Å². The Kier molecular flexibility index (Phi) is 14.3. The topological polar surface area (TPSA) is 115 Å². The number of carbonyl (C=O) groups excluding carboxylic acids is 3. The highest BCUT2D eigenvalue weighted by Crippen LogP contribution is 2.31. The summed E-state index contributed by atoms with van der Waals surface area (Å²) in [4.78, 5) is 39.5. The molecule has 0 spiro atoms. The molecule has 3 amide bonds. The lowest BCUT2D eigenvalue weighted by Crippen LogP contribution is -2.46. The van der Waals surface area contributed by atoms with E-state index in [1.807, 2.05) is 11.0 Å². The van der Waals surface area contributed by atoms with Gasteiger partial charge in [-0.05, 0) is 40.0 Å². The third-order valence-electron chi connectivity index (χ3n) is 5.77. The molecule has 0 bridgehead atoms. The fourth-order valence-corrected chi connectivity index (χ4v) is 4.92. The molecule has 1 saturated heterocycles. The van der Waals surface area contributed by atoms with E-state index < -0.39 is 17.8 Å². The average Bonchev–Trinajstić information content (AvgIpc) is 3.39. The van der Waals surface area contributed by atoms with Crippen LogP contribution in [0.5, 0.6) is 0 Å². The number of alkyl carbamates (subject to hydrolysis) is 1. The Morgan fingerprint density at radius 3 is 2.38 bits per heavy atom. The molecule has 2 N–H and O–H groups in total. The van der Waals surface area contributed by atoms with Gasteiger partial charge in [0, 0.05) is 37.6 Å². The molecule has 10 nitrogen and oxygen atoms in total. The number of carbonyl (C=O) groups is 3. The standard InChI is InChI=1S/C26H45N3O7S/c1-5-6-13-35-22-20(8-7-9-21(22)24(31)29-12-18-37-19-29)23(30)27-10-14-33-16-17-34-15-11-28-25(32)36-26(2,3)4/h8,21-22H,5-7,9-19H2,1-4H3,(H,27,30)(H,28,32)/t21-,22?/m0/s1. The van der Waals surface area contributed by atoms with E-state index in [-0.39, 0.29) is 17.7 Å². The lowest BCUT2D eigenvalue weighted by atomic mass is 9.84. The molecule has 1 aliphatic carbocycles. The number of hydrogen-bond donors (Lipinski definition) is 2. The van der Waals surface area contributed by atoms with Crippen LogP contribution in [0.4, 0.5) is 4.79 Å². The third-order valence-corrected chi connectivity index (χ3v) is 6.74. The van der Waals surface area contributed by atoms with Crippen LogP contribution in [0.25, 0.3) is 0 Å². The number of nitrogens with zero attached hydrogens (tertiary/aromatic N) is 1. The Labute approximate surface area is 225 Å². The summed E-state index contributed by atoms with van der Waals surface area (Å²) in [6.45, 7) is 10.9. The molecule has 11 heteroatoms. The lowest BCUT2D eigenvalue weighted by molar-refractivity contribution is -0.139. The molecule has 2 atom stereocenters. The van der Waals surface area contributed by atoms with Crippen LogP contribution in [-0.2, 0) is 28.5 Å². The fraction of sp³-hybridized carbons (Fsp3) is 0.808. The quantitative estimate of drug-likeness (QED) is 0.303. The summed E-state index contributed by atoms with van der Waals surface area (Å²) in [7, 11) is 0. The van der Waals surface area contributed by atoms with Crippen LogP contribution >= 0.6 is 11.8 Å². The number of nitrogens with one attached hydrogen (secondary N) is 2. The number of rotatable bonds is 15. The normalized spacial score (nSPS) is 19.9. The molecule has 2 aliphatic rings. The van der Waals surface area contributed by atoms with Crippen LogP contribution in [0.15, 0.2) is 11.6 Å². The number of allylic oxidation sites excluding steroid dienone is 1. The smallest absolute Gasteiger partial charge is 0.407 e. The van der Waals surface area contributed by atoms with E-state index in [2.05, 4.69) is 17.6 Å². The van der Waals surface area contributed by atoms with Gasteiger partial charge < -0.3 is 34.5 Å². The summed E-state index contributed by atoms with van der Waals surface area (Å²) < 4.78 is 22.2. The summed E-state index contributed by atoms with van der Waals surface area (Å²) in [6, 6.07) is 0. The Bertz CT molecular complexity index is 751. The molecule has 1 fully saturated rings. The zero-order chi connectivity index (χ0) is 27.1. The van der Waals surface area contributed by atoms with Gasteiger partial charge in [-0.1, -0.05) is 19.4 Å². The predicted molar refractivity (Wildman–Crippen MR) is 143 cm³/mol. The van der Waals surface area contributed by atoms with Crippen molar-refractivity contribution in [2.45, 2.75) is 65.1 Å². The number of unbranched alkanes of at least 4 members (excludes halogenated alkanes) is 1. The van der Waals surface area contributed by atoms with Gasteiger partial charge in [-0.25, -0.2) is 4.79 Å². The fourth-order valence-electron chi connectivity index (χ4n) is 3.96. The van der Waals surface area contributed by atoms with Crippen molar-refractivity contribution in [3.05, 3.63) is 11.6 Å². The van der Waals surface area contributed by atoms with Gasteiger partial charge in [0.2, 0.25) is 11.8 Å². The van der Waals surface area contributed by atoms with Crippen molar-refractivity contribution in [1.82, 2.24) is 15.5 Å². The summed E-state index contributed by atoms with van der Waals surface area (Å²) >= 11 is 1.76. The maximum Gasteiger partial charge on any atom is 0.407 e. The zero-order valence-corrected chi connectivity index (χ0v) is 23.7. The molecule has 1 aliphatic heterocycles. The second-order valence-corrected chi connectivity index (χ2v) is 11.1. The molecule has 0 aromatic heterocycles. The highest BCUT2D eigenvalue weighted by molar-refractivity contribution is 7.99. The first kappa shape index (κ1) is 31.4. The van der Waals surface area contributed by atoms with Crippen molar-refractivity contribution in [1.29, 1.82) is 0 Å². The van der Waals surface area contributed by atoms with E-state index in [0.717, 1.165) is 25.1 Å². The minimum Gasteiger partial charge on any atom is -0.444 e. The number of thioether (sulfide) groups is 1. The lowest BCUT2D eigenvalue weighted by Gasteiger charge is -2.33. The minimum absolute atomic E-state index is 0.0922. The molecular formula is C26H45N3O7S. The van der Waals surface area contributed by atoms with E-state index in [1.54, 1.807) is 32.5 Å². The highest BCUT2D eigenvalue weighted by atomic mass is 32.2. The molecule has 0 aromatic carbocycles. The highest BCUT2D eigenvalue weighted by Gasteiger charge is 2.39. The van der Waals surface area contributed by atoms with E-state index in [4.69, 9.17) is 18.9 Å². The monoisotopic (exact) mass is 543 g/mol. The maximum absolute atomic E-state index is 13.1. The van der Waals surface area contributed by atoms with Gasteiger partial charge >= 0.3 is 6.09 Å². The van der Waals surface area contributed by atoms with Crippen molar-refractivity contribution < 1.29 is 33.3 Å². The van der Waals surface area contributed by atoms with Gasteiger partial charge in [-0.15, -0.1) is 11.8 Å². The van der Waals surface area contributed by atoms with Crippen molar-refractivity contribution in [3.8, 4) is 0 Å². The van der Waals surface area contributed by atoms with Crippen molar-refractivity contribution in [2.75, 3.05) is 64.3 Å². The van der Waals surface area contributed by atoms with Crippen LogP contribution in [0.3, 0.4) is 0 Å². The summed E-state index contributed by atoms with van der Waals surface area (Å²) in [6.07, 6.45) is 4.18. The van der Waals surface area contributed by atoms with Crippen LogP contribution in [0.1, 0.15) is 53.4 Å². The SMILES string of the molecule is CCCCOC1C(C(=O)NCCOCCOCCNC(=O)OC(C)(C)C)=CCC[C@@H]1C(=O)N1CCSC1. The average molecular weight is 544 g/mol. The molecule has 2 rings (SSSR count). The molecule has 1 heterocycles. The van der Waals surface area contributed by atoms with Gasteiger partial charge in [-0.3, -0.25) is 9.59 Å².